The SMILES string of the molecule is Cc1ccc2c(c1)oc1c(-c3nc4ccccc4n3-c3c(C(C)C)cccc3C(C)C)[c-]c3oc(-c4ccccc4)cc3c12.[Ir].[c-]1ccccc1-c1ccccn1. The first-order chi connectivity index (χ1) is 27.4. The van der Waals surface area contributed by atoms with Crippen molar-refractivity contribution in [2.45, 2.75) is 46.5 Å². The molecular weight excluding hydrogens is 879 g/mol. The van der Waals surface area contributed by atoms with E-state index in [1.165, 1.54) is 16.8 Å². The predicted octanol–water partition coefficient (Wildman–Crippen LogP) is 13.9. The number of imidazole rings is 1. The number of hydrogen-bond acceptors (Lipinski definition) is 4. The quantitative estimate of drug-likeness (QED) is 0.156. The van der Waals surface area contributed by atoms with Crippen molar-refractivity contribution in [2.75, 3.05) is 0 Å². The van der Waals surface area contributed by atoms with Gasteiger partial charge in [-0.15, -0.1) is 35.9 Å². The van der Waals surface area contributed by atoms with Crippen molar-refractivity contribution in [2.24, 2.45) is 0 Å². The van der Waals surface area contributed by atoms with Crippen LogP contribution in [0.2, 0.25) is 0 Å². The molecule has 0 spiro atoms. The number of aryl methyl sites for hydroxylation is 1. The summed E-state index contributed by atoms with van der Waals surface area (Å²) in [7, 11) is 0. The Morgan fingerprint density at radius 1 is 0.684 bits per heavy atom. The van der Waals surface area contributed by atoms with Crippen molar-refractivity contribution < 1.29 is 28.9 Å². The molecule has 4 aromatic heterocycles. The molecule has 5 nitrogen and oxygen atoms in total. The number of hydrogen-bond donors (Lipinski definition) is 0. The maximum absolute atomic E-state index is 6.76. The molecule has 10 rings (SSSR count). The van der Waals surface area contributed by atoms with Crippen molar-refractivity contribution in [1.82, 2.24) is 14.5 Å². The van der Waals surface area contributed by atoms with E-state index in [1.807, 2.05) is 66.7 Å². The van der Waals surface area contributed by atoms with Crippen LogP contribution in [-0.4, -0.2) is 14.5 Å². The molecule has 0 aliphatic rings. The average molecular weight is 920 g/mol. The minimum absolute atomic E-state index is 0. The van der Waals surface area contributed by atoms with Crippen LogP contribution < -0.4 is 0 Å². The average Bonchev–Trinajstić information content (AvgIpc) is 3.94. The van der Waals surface area contributed by atoms with E-state index in [0.717, 1.165) is 77.9 Å². The zero-order valence-electron chi connectivity index (χ0n) is 32.5. The normalized spacial score (nSPS) is 11.4. The second-order valence-electron chi connectivity index (χ2n) is 14.9. The third-order valence-electron chi connectivity index (χ3n) is 10.4. The molecule has 10 aromatic rings. The van der Waals surface area contributed by atoms with Crippen molar-refractivity contribution in [3.05, 3.63) is 175 Å². The third kappa shape index (κ3) is 7.01. The van der Waals surface area contributed by atoms with Gasteiger partial charge in [-0.2, -0.15) is 0 Å². The van der Waals surface area contributed by atoms with Crippen molar-refractivity contribution in [3.8, 4) is 39.7 Å². The molecule has 0 aliphatic heterocycles. The molecule has 0 amide bonds. The van der Waals surface area contributed by atoms with Gasteiger partial charge < -0.3 is 18.4 Å². The summed E-state index contributed by atoms with van der Waals surface area (Å²) in [4.78, 5) is 9.52. The van der Waals surface area contributed by atoms with E-state index in [-0.39, 0.29) is 20.1 Å². The molecule has 57 heavy (non-hydrogen) atoms. The number of fused-ring (bicyclic) bond motifs is 6. The van der Waals surface area contributed by atoms with Crippen molar-refractivity contribution in [1.29, 1.82) is 0 Å². The number of pyridine rings is 1. The van der Waals surface area contributed by atoms with Crippen LogP contribution in [0.25, 0.3) is 83.6 Å². The number of para-hydroxylation sites is 3. The zero-order chi connectivity index (χ0) is 38.3. The van der Waals surface area contributed by atoms with Gasteiger partial charge in [-0.05, 0) is 82.2 Å². The first kappa shape index (κ1) is 37.8. The predicted molar refractivity (Wildman–Crippen MR) is 229 cm³/mol. The maximum atomic E-state index is 6.76. The van der Waals surface area contributed by atoms with Gasteiger partial charge in [0.25, 0.3) is 0 Å². The number of aromatic nitrogens is 3. The zero-order valence-corrected chi connectivity index (χ0v) is 34.9. The number of furan rings is 2. The Morgan fingerprint density at radius 3 is 2.14 bits per heavy atom. The van der Waals surface area contributed by atoms with E-state index in [1.54, 1.807) is 6.20 Å². The molecule has 0 aliphatic carbocycles. The molecule has 0 bridgehead atoms. The van der Waals surface area contributed by atoms with Gasteiger partial charge in [-0.25, -0.2) is 0 Å². The molecule has 0 N–H and O–H groups in total. The number of nitrogens with zero attached hydrogens (tertiary/aromatic N) is 3. The van der Waals surface area contributed by atoms with Gasteiger partial charge in [-0.1, -0.05) is 124 Å². The van der Waals surface area contributed by atoms with E-state index in [0.29, 0.717) is 17.4 Å². The van der Waals surface area contributed by atoms with Crippen LogP contribution in [0.1, 0.15) is 56.2 Å². The molecule has 0 atom stereocenters. The van der Waals surface area contributed by atoms with Gasteiger partial charge in [0.15, 0.2) is 0 Å². The van der Waals surface area contributed by atoms with Crippen LogP contribution in [-0.2, 0) is 20.1 Å². The Balaban J connectivity index is 0.000000300. The van der Waals surface area contributed by atoms with Crippen molar-refractivity contribution in [3.63, 3.8) is 0 Å². The Kier molecular flexibility index (Phi) is 10.5. The Morgan fingerprint density at radius 2 is 1.42 bits per heavy atom. The maximum Gasteiger partial charge on any atom is 0.123 e. The van der Waals surface area contributed by atoms with Gasteiger partial charge in [0, 0.05) is 42.9 Å². The minimum Gasteiger partial charge on any atom is -0.501 e. The third-order valence-corrected chi connectivity index (χ3v) is 10.4. The number of rotatable bonds is 6. The van der Waals surface area contributed by atoms with E-state index in [2.05, 4.69) is 129 Å². The molecule has 0 unspecified atom stereocenters. The van der Waals surface area contributed by atoms with E-state index < -0.39 is 0 Å². The van der Waals surface area contributed by atoms with Crippen molar-refractivity contribution >= 4 is 43.9 Å². The fourth-order valence-electron chi connectivity index (χ4n) is 7.65. The van der Waals surface area contributed by atoms with E-state index in [4.69, 9.17) is 13.8 Å². The Bertz CT molecular complexity index is 2910. The number of benzene rings is 6. The summed E-state index contributed by atoms with van der Waals surface area (Å²) >= 11 is 0. The summed E-state index contributed by atoms with van der Waals surface area (Å²) < 4.78 is 15.7. The topological polar surface area (TPSA) is 57.0 Å². The molecule has 283 valence electrons. The first-order valence-corrected chi connectivity index (χ1v) is 19.2. The van der Waals surface area contributed by atoms with Crippen LogP contribution in [0.15, 0.2) is 155 Å². The smallest absolute Gasteiger partial charge is 0.123 e. The van der Waals surface area contributed by atoms with E-state index >= 15 is 0 Å². The second-order valence-corrected chi connectivity index (χ2v) is 14.9. The van der Waals surface area contributed by atoms with Gasteiger partial charge in [-0.3, -0.25) is 4.98 Å². The molecule has 4 heterocycles. The fourth-order valence-corrected chi connectivity index (χ4v) is 7.65. The summed E-state index contributed by atoms with van der Waals surface area (Å²) in [5, 5.41) is 3.06. The monoisotopic (exact) mass is 920 g/mol. The van der Waals surface area contributed by atoms with Gasteiger partial charge >= 0.3 is 0 Å². The fraction of sp³-hybridized carbons (Fsp3) is 0.137. The Hall–Kier alpha value is -6.07. The first-order valence-electron chi connectivity index (χ1n) is 19.2. The van der Waals surface area contributed by atoms with Crippen LogP contribution in [0.3, 0.4) is 0 Å². The van der Waals surface area contributed by atoms with Crippen LogP contribution in [0, 0.1) is 19.1 Å². The van der Waals surface area contributed by atoms with Crippen LogP contribution >= 0.6 is 0 Å². The molecule has 1 radical (unpaired) electrons. The van der Waals surface area contributed by atoms with Gasteiger partial charge in [0.05, 0.1) is 28.0 Å². The molecular formula is C51H41IrN3O2-2. The minimum atomic E-state index is 0. The summed E-state index contributed by atoms with van der Waals surface area (Å²) in [5.41, 5.74) is 13.0. The van der Waals surface area contributed by atoms with Crippen LogP contribution in [0.5, 0.6) is 0 Å². The van der Waals surface area contributed by atoms with Gasteiger partial charge in [0.1, 0.15) is 11.3 Å². The molecule has 6 heteroatoms. The van der Waals surface area contributed by atoms with Crippen LogP contribution in [0.4, 0.5) is 0 Å². The second kappa shape index (κ2) is 15.8. The Labute approximate surface area is 346 Å². The van der Waals surface area contributed by atoms with E-state index in [9.17, 15) is 0 Å². The molecule has 0 saturated carbocycles. The summed E-state index contributed by atoms with van der Waals surface area (Å²) in [6.45, 7) is 11.1. The summed E-state index contributed by atoms with van der Waals surface area (Å²) in [5.74, 6) is 2.23. The largest absolute Gasteiger partial charge is 0.501 e. The molecule has 6 aromatic carbocycles. The summed E-state index contributed by atoms with van der Waals surface area (Å²) in [6, 6.07) is 54.3. The standard InChI is InChI=1S/C40H33N2O2.C11H8N.Ir/c1-23(2)27-14-11-15-28(24(3)4)38(27)42-33-17-10-9-16-32(33)41-40(42)31-22-36-30(21-34(43-36)26-12-7-6-8-13-26)37-29-19-18-25(5)20-35(29)44-39(31)37;1-2-6-10(7-3-1)11-8-4-5-9-12-11;/h6-21,23-24H,1-5H3;1-6,8-9H;/q2*-1;. The molecule has 0 saturated heterocycles. The van der Waals surface area contributed by atoms with Gasteiger partial charge in [0.2, 0.25) is 0 Å². The summed E-state index contributed by atoms with van der Waals surface area (Å²) in [6.07, 6.45) is 1.79. The molecule has 0 fully saturated rings.